The number of hydrogen-bond acceptors (Lipinski definition) is 2. The second-order valence-electron chi connectivity index (χ2n) is 6.76. The molecule has 26 heavy (non-hydrogen) atoms. The molecule has 2 aromatic carbocycles. The Kier molecular flexibility index (Phi) is 6.34. The lowest BCUT2D eigenvalue weighted by Crippen LogP contribution is -2.20. The number of halogens is 2. The van der Waals surface area contributed by atoms with Gasteiger partial charge in [-0.3, -0.25) is 4.79 Å². The Hall–Kier alpha value is -2.27. The summed E-state index contributed by atoms with van der Waals surface area (Å²) < 4.78 is 26.8. The van der Waals surface area contributed by atoms with Crippen LogP contribution in [0.4, 0.5) is 14.5 Å². The van der Waals surface area contributed by atoms with E-state index in [1.54, 1.807) is 24.3 Å². The van der Waals surface area contributed by atoms with E-state index in [9.17, 15) is 13.6 Å². The highest BCUT2D eigenvalue weighted by atomic mass is 19.1. The van der Waals surface area contributed by atoms with Crippen LogP contribution in [-0.4, -0.2) is 30.4 Å². The Morgan fingerprint density at radius 1 is 1.00 bits per heavy atom. The summed E-state index contributed by atoms with van der Waals surface area (Å²) in [4.78, 5) is 14.5. The second kappa shape index (κ2) is 8.90. The molecule has 3 rings (SSSR count). The topological polar surface area (TPSA) is 32.3 Å². The van der Waals surface area contributed by atoms with Crippen LogP contribution in [-0.2, 0) is 4.79 Å². The summed E-state index contributed by atoms with van der Waals surface area (Å²) in [6.45, 7) is 3.45. The third kappa shape index (κ3) is 5.11. The van der Waals surface area contributed by atoms with Gasteiger partial charge in [-0.25, -0.2) is 8.78 Å². The quantitative estimate of drug-likeness (QED) is 0.719. The molecular weight excluding hydrogens is 334 g/mol. The molecule has 0 aliphatic carbocycles. The van der Waals surface area contributed by atoms with E-state index in [2.05, 4.69) is 10.2 Å². The molecule has 0 atom stereocenters. The highest BCUT2D eigenvalue weighted by Crippen LogP contribution is 2.25. The number of nitrogens with zero attached hydrogens (tertiary/aromatic N) is 1. The standard InChI is InChI=1S/C21H24F2N2O/c22-17-8-11-19(20(23)15-17)16-6-9-18(10-7-16)24-21(26)5-1-2-12-25-13-3-4-14-25/h6-11,15H,1-5,12-14H2,(H,24,26). The Morgan fingerprint density at radius 3 is 2.42 bits per heavy atom. The second-order valence-corrected chi connectivity index (χ2v) is 6.76. The molecule has 5 heteroatoms. The number of carbonyl (C=O) groups is 1. The number of benzene rings is 2. The van der Waals surface area contributed by atoms with Crippen LogP contribution in [0.15, 0.2) is 42.5 Å². The Balaban J connectivity index is 1.46. The summed E-state index contributed by atoms with van der Waals surface area (Å²) in [5.74, 6) is -1.20. The molecule has 1 saturated heterocycles. The van der Waals surface area contributed by atoms with Crippen LogP contribution >= 0.6 is 0 Å². The largest absolute Gasteiger partial charge is 0.326 e. The van der Waals surface area contributed by atoms with Crippen molar-refractivity contribution in [2.24, 2.45) is 0 Å². The van der Waals surface area contributed by atoms with E-state index < -0.39 is 11.6 Å². The average molecular weight is 358 g/mol. The molecule has 1 fully saturated rings. The van der Waals surface area contributed by atoms with Gasteiger partial charge in [-0.15, -0.1) is 0 Å². The number of amides is 1. The molecule has 1 aliphatic heterocycles. The number of carbonyl (C=O) groups excluding carboxylic acids is 1. The fourth-order valence-electron chi connectivity index (χ4n) is 3.31. The van der Waals surface area contributed by atoms with Gasteiger partial charge in [0.25, 0.3) is 0 Å². The van der Waals surface area contributed by atoms with Crippen LogP contribution in [0, 0.1) is 11.6 Å². The Labute approximate surface area is 153 Å². The van der Waals surface area contributed by atoms with Gasteiger partial charge in [-0.05, 0) is 75.1 Å². The fourth-order valence-corrected chi connectivity index (χ4v) is 3.31. The molecule has 1 aliphatic rings. The highest BCUT2D eigenvalue weighted by molar-refractivity contribution is 5.90. The maximum atomic E-state index is 13.8. The van der Waals surface area contributed by atoms with Gasteiger partial charge < -0.3 is 10.2 Å². The summed E-state index contributed by atoms with van der Waals surface area (Å²) in [6.07, 6.45) is 5.00. The molecule has 0 aromatic heterocycles. The third-order valence-electron chi connectivity index (χ3n) is 4.74. The van der Waals surface area contributed by atoms with Crippen LogP contribution in [0.5, 0.6) is 0 Å². The maximum absolute atomic E-state index is 13.8. The molecule has 0 saturated carbocycles. The van der Waals surface area contributed by atoms with E-state index in [1.807, 2.05) is 0 Å². The first-order valence-corrected chi connectivity index (χ1v) is 9.19. The molecular formula is C21H24F2N2O. The van der Waals surface area contributed by atoms with E-state index in [0.717, 1.165) is 25.5 Å². The van der Waals surface area contributed by atoms with E-state index in [-0.39, 0.29) is 5.91 Å². The van der Waals surface area contributed by atoms with E-state index in [4.69, 9.17) is 0 Å². The first-order valence-electron chi connectivity index (χ1n) is 9.19. The predicted octanol–water partition coefficient (Wildman–Crippen LogP) is 4.84. The van der Waals surface area contributed by atoms with Gasteiger partial charge in [0.15, 0.2) is 0 Å². The van der Waals surface area contributed by atoms with E-state index in [1.165, 1.54) is 38.1 Å². The van der Waals surface area contributed by atoms with Crippen molar-refractivity contribution in [3.05, 3.63) is 54.1 Å². The lowest BCUT2D eigenvalue weighted by Gasteiger charge is -2.13. The number of unbranched alkanes of at least 4 members (excludes halogenated alkanes) is 1. The van der Waals surface area contributed by atoms with Gasteiger partial charge >= 0.3 is 0 Å². The molecule has 1 N–H and O–H groups in total. The van der Waals surface area contributed by atoms with Crippen LogP contribution in [0.1, 0.15) is 32.1 Å². The molecule has 3 nitrogen and oxygen atoms in total. The van der Waals surface area contributed by atoms with E-state index >= 15 is 0 Å². The lowest BCUT2D eigenvalue weighted by atomic mass is 10.0. The van der Waals surface area contributed by atoms with Gasteiger partial charge in [-0.1, -0.05) is 12.1 Å². The molecule has 1 amide bonds. The zero-order valence-electron chi connectivity index (χ0n) is 14.8. The number of anilines is 1. The normalized spacial score (nSPS) is 14.5. The summed E-state index contributed by atoms with van der Waals surface area (Å²) in [5.41, 5.74) is 1.66. The van der Waals surface area contributed by atoms with Crippen molar-refractivity contribution in [3.63, 3.8) is 0 Å². The van der Waals surface area contributed by atoms with Crippen LogP contribution in [0.25, 0.3) is 11.1 Å². The number of hydrogen-bond donors (Lipinski definition) is 1. The summed E-state index contributed by atoms with van der Waals surface area (Å²) in [5, 5.41) is 2.87. The minimum atomic E-state index is -0.597. The number of likely N-dealkylation sites (tertiary alicyclic amines) is 1. The van der Waals surface area contributed by atoms with Gasteiger partial charge in [0, 0.05) is 23.7 Å². The van der Waals surface area contributed by atoms with Gasteiger partial charge in [0.05, 0.1) is 0 Å². The first-order chi connectivity index (χ1) is 12.6. The predicted molar refractivity (Wildman–Crippen MR) is 99.9 cm³/mol. The molecule has 0 bridgehead atoms. The van der Waals surface area contributed by atoms with Crippen LogP contribution in [0.3, 0.4) is 0 Å². The maximum Gasteiger partial charge on any atom is 0.224 e. The molecule has 2 aromatic rings. The van der Waals surface area contributed by atoms with Crippen molar-refractivity contribution in [1.82, 2.24) is 4.90 Å². The summed E-state index contributed by atoms with van der Waals surface area (Å²) in [7, 11) is 0. The Bertz CT molecular complexity index is 740. The summed E-state index contributed by atoms with van der Waals surface area (Å²) >= 11 is 0. The van der Waals surface area contributed by atoms with Gasteiger partial charge in [-0.2, -0.15) is 0 Å². The molecule has 0 unspecified atom stereocenters. The van der Waals surface area contributed by atoms with E-state index in [0.29, 0.717) is 23.2 Å². The van der Waals surface area contributed by atoms with Crippen molar-refractivity contribution in [2.45, 2.75) is 32.1 Å². The van der Waals surface area contributed by atoms with Crippen molar-refractivity contribution in [1.29, 1.82) is 0 Å². The zero-order valence-corrected chi connectivity index (χ0v) is 14.8. The average Bonchev–Trinajstić information content (AvgIpc) is 3.13. The smallest absolute Gasteiger partial charge is 0.224 e. The fraction of sp³-hybridized carbons (Fsp3) is 0.381. The van der Waals surface area contributed by atoms with Crippen molar-refractivity contribution >= 4 is 11.6 Å². The minimum absolute atomic E-state index is 0.00728. The molecule has 138 valence electrons. The van der Waals surface area contributed by atoms with Crippen molar-refractivity contribution in [2.75, 3.05) is 25.0 Å². The molecule has 1 heterocycles. The van der Waals surface area contributed by atoms with Gasteiger partial charge in [0.1, 0.15) is 11.6 Å². The van der Waals surface area contributed by atoms with Crippen LogP contribution in [0.2, 0.25) is 0 Å². The molecule has 0 spiro atoms. The zero-order chi connectivity index (χ0) is 18.4. The first kappa shape index (κ1) is 18.5. The number of nitrogens with one attached hydrogen (secondary N) is 1. The lowest BCUT2D eigenvalue weighted by molar-refractivity contribution is -0.116. The number of rotatable bonds is 7. The third-order valence-corrected chi connectivity index (χ3v) is 4.74. The molecule has 0 radical (unpaired) electrons. The van der Waals surface area contributed by atoms with Crippen molar-refractivity contribution in [3.8, 4) is 11.1 Å². The minimum Gasteiger partial charge on any atom is -0.326 e. The Morgan fingerprint density at radius 2 is 1.73 bits per heavy atom. The monoisotopic (exact) mass is 358 g/mol. The summed E-state index contributed by atoms with van der Waals surface area (Å²) in [6, 6.07) is 10.4. The van der Waals surface area contributed by atoms with Crippen LogP contribution < -0.4 is 5.32 Å². The SMILES string of the molecule is O=C(CCCCN1CCCC1)Nc1ccc(-c2ccc(F)cc2F)cc1. The van der Waals surface area contributed by atoms with Crippen molar-refractivity contribution < 1.29 is 13.6 Å². The van der Waals surface area contributed by atoms with Gasteiger partial charge in [0.2, 0.25) is 5.91 Å². The highest BCUT2D eigenvalue weighted by Gasteiger charge is 2.11.